The molecule has 0 aliphatic carbocycles. The smallest absolute Gasteiger partial charge is 0.416 e. The summed E-state index contributed by atoms with van der Waals surface area (Å²) >= 11 is 0. The van der Waals surface area contributed by atoms with Crippen molar-refractivity contribution in [3.8, 4) is 5.75 Å². The summed E-state index contributed by atoms with van der Waals surface area (Å²) in [6.45, 7) is -0.285. The Balaban J connectivity index is 0.00000441. The van der Waals surface area contributed by atoms with Gasteiger partial charge in [-0.2, -0.15) is 13.2 Å². The molecule has 0 spiro atoms. The van der Waals surface area contributed by atoms with E-state index in [4.69, 9.17) is 10.5 Å². The molecule has 5 nitrogen and oxygen atoms in total. The Labute approximate surface area is 132 Å². The van der Waals surface area contributed by atoms with Crippen LogP contribution >= 0.6 is 12.4 Å². The van der Waals surface area contributed by atoms with Crippen LogP contribution in [-0.4, -0.2) is 48.8 Å². The highest BCUT2D eigenvalue weighted by molar-refractivity contribution is 5.85. The van der Waals surface area contributed by atoms with Gasteiger partial charge in [0.1, 0.15) is 18.5 Å². The molecule has 3 N–H and O–H groups in total. The molecular formula is C13H18ClF3N2O3. The van der Waals surface area contributed by atoms with Crippen molar-refractivity contribution in [2.75, 3.05) is 26.7 Å². The molecule has 0 radical (unpaired) electrons. The fraction of sp³-hybridized carbons (Fsp3) is 0.462. The number of halogens is 4. The van der Waals surface area contributed by atoms with Crippen molar-refractivity contribution in [2.45, 2.75) is 12.3 Å². The number of nitrogens with zero attached hydrogens (tertiary/aromatic N) is 1. The first-order chi connectivity index (χ1) is 9.74. The molecular weight excluding hydrogens is 325 g/mol. The number of aliphatic hydroxyl groups is 1. The van der Waals surface area contributed by atoms with Gasteiger partial charge >= 0.3 is 6.18 Å². The lowest BCUT2D eigenvalue weighted by Crippen LogP contribution is -2.39. The molecule has 1 amide bonds. The van der Waals surface area contributed by atoms with Crippen LogP contribution in [0.25, 0.3) is 0 Å². The van der Waals surface area contributed by atoms with Gasteiger partial charge in [-0.3, -0.25) is 4.79 Å². The minimum absolute atomic E-state index is 0. The van der Waals surface area contributed by atoms with Crippen LogP contribution in [0.3, 0.4) is 0 Å². The first-order valence-corrected chi connectivity index (χ1v) is 6.16. The summed E-state index contributed by atoms with van der Waals surface area (Å²) in [5.74, 6) is -0.126. The van der Waals surface area contributed by atoms with E-state index in [0.29, 0.717) is 0 Å². The van der Waals surface area contributed by atoms with Gasteiger partial charge in [-0.05, 0) is 24.3 Å². The van der Waals surface area contributed by atoms with Crippen molar-refractivity contribution < 1.29 is 27.8 Å². The van der Waals surface area contributed by atoms with Crippen LogP contribution < -0.4 is 10.5 Å². The Kier molecular flexibility index (Phi) is 8.21. The van der Waals surface area contributed by atoms with Gasteiger partial charge in [-0.1, -0.05) is 0 Å². The van der Waals surface area contributed by atoms with E-state index in [1.807, 2.05) is 0 Å². The Bertz CT molecular complexity index is 469. The molecule has 0 fully saturated rings. The number of carbonyl (C=O) groups excluding carboxylic acids is 1. The number of rotatable bonds is 6. The molecule has 0 aromatic heterocycles. The van der Waals surface area contributed by atoms with E-state index in [0.717, 1.165) is 12.1 Å². The van der Waals surface area contributed by atoms with Crippen LogP contribution in [0.5, 0.6) is 5.75 Å². The second-order valence-corrected chi connectivity index (χ2v) is 4.47. The predicted molar refractivity (Wildman–Crippen MR) is 76.9 cm³/mol. The number of likely N-dealkylation sites (N-methyl/N-ethyl adjacent to an activating group) is 1. The van der Waals surface area contributed by atoms with E-state index in [2.05, 4.69) is 0 Å². The summed E-state index contributed by atoms with van der Waals surface area (Å²) in [6.07, 6.45) is -5.36. The van der Waals surface area contributed by atoms with E-state index >= 15 is 0 Å². The van der Waals surface area contributed by atoms with Gasteiger partial charge in [0, 0.05) is 13.6 Å². The maximum atomic E-state index is 12.4. The van der Waals surface area contributed by atoms with Gasteiger partial charge in [-0.25, -0.2) is 0 Å². The van der Waals surface area contributed by atoms with Gasteiger partial charge in [0.2, 0.25) is 5.91 Å². The zero-order valence-corrected chi connectivity index (χ0v) is 12.7. The van der Waals surface area contributed by atoms with Crippen LogP contribution in [0.1, 0.15) is 5.56 Å². The Morgan fingerprint density at radius 1 is 1.36 bits per heavy atom. The lowest BCUT2D eigenvalue weighted by atomic mass is 10.2. The minimum Gasteiger partial charge on any atom is -0.491 e. The number of amides is 1. The molecule has 1 aromatic carbocycles. The largest absolute Gasteiger partial charge is 0.491 e. The fourth-order valence-corrected chi connectivity index (χ4v) is 1.56. The zero-order chi connectivity index (χ0) is 16.0. The Morgan fingerprint density at radius 3 is 2.36 bits per heavy atom. The van der Waals surface area contributed by atoms with E-state index in [1.165, 1.54) is 24.1 Å². The van der Waals surface area contributed by atoms with E-state index in [-0.39, 0.29) is 43.8 Å². The van der Waals surface area contributed by atoms with Crippen LogP contribution in [-0.2, 0) is 11.0 Å². The van der Waals surface area contributed by atoms with Gasteiger partial charge in [-0.15, -0.1) is 12.4 Å². The van der Waals surface area contributed by atoms with Crippen molar-refractivity contribution in [3.05, 3.63) is 29.8 Å². The van der Waals surface area contributed by atoms with Crippen LogP contribution in [0.4, 0.5) is 13.2 Å². The molecule has 22 heavy (non-hydrogen) atoms. The monoisotopic (exact) mass is 342 g/mol. The third kappa shape index (κ3) is 6.50. The molecule has 1 atom stereocenters. The lowest BCUT2D eigenvalue weighted by Gasteiger charge is -2.20. The molecule has 0 aliphatic rings. The minimum atomic E-state index is -4.40. The van der Waals surface area contributed by atoms with Gasteiger partial charge in [0.25, 0.3) is 0 Å². The molecule has 126 valence electrons. The number of carbonyl (C=O) groups is 1. The summed E-state index contributed by atoms with van der Waals surface area (Å²) in [4.78, 5) is 12.4. The van der Waals surface area contributed by atoms with Gasteiger partial charge < -0.3 is 20.5 Å². The number of hydrogen-bond donors (Lipinski definition) is 2. The van der Waals surface area contributed by atoms with Crippen LogP contribution in [0, 0.1) is 0 Å². The van der Waals surface area contributed by atoms with E-state index < -0.39 is 17.8 Å². The average molecular weight is 343 g/mol. The molecule has 1 rings (SSSR count). The number of aliphatic hydroxyl groups excluding tert-OH is 1. The first kappa shape index (κ1) is 20.5. The maximum Gasteiger partial charge on any atom is 0.416 e. The normalized spacial score (nSPS) is 12.3. The van der Waals surface area contributed by atoms with Gasteiger partial charge in [0.15, 0.2) is 0 Å². The summed E-state index contributed by atoms with van der Waals surface area (Å²) < 4.78 is 42.2. The SMILES string of the molecule is CN(CC(O)COc1ccc(C(F)(F)F)cc1)C(=O)CN.Cl. The van der Waals surface area contributed by atoms with Crippen LogP contribution in [0.15, 0.2) is 24.3 Å². The lowest BCUT2D eigenvalue weighted by molar-refractivity contribution is -0.137. The number of ether oxygens (including phenoxy) is 1. The highest BCUT2D eigenvalue weighted by Gasteiger charge is 2.30. The number of hydrogen-bond acceptors (Lipinski definition) is 4. The topological polar surface area (TPSA) is 75.8 Å². The van der Waals surface area contributed by atoms with E-state index in [9.17, 15) is 23.1 Å². The Hall–Kier alpha value is -1.51. The predicted octanol–water partition coefficient (Wildman–Crippen LogP) is 1.28. The van der Waals surface area contributed by atoms with Crippen molar-refractivity contribution >= 4 is 18.3 Å². The number of alkyl halides is 3. The molecule has 0 saturated carbocycles. The quantitative estimate of drug-likeness (QED) is 0.816. The Morgan fingerprint density at radius 2 is 1.91 bits per heavy atom. The van der Waals surface area contributed by atoms with E-state index in [1.54, 1.807) is 0 Å². The summed E-state index contributed by atoms with van der Waals surface area (Å²) in [6, 6.07) is 4.13. The molecule has 0 heterocycles. The van der Waals surface area contributed by atoms with Crippen molar-refractivity contribution in [2.24, 2.45) is 5.73 Å². The molecule has 1 aromatic rings. The van der Waals surface area contributed by atoms with Crippen molar-refractivity contribution in [1.29, 1.82) is 0 Å². The number of benzene rings is 1. The fourth-order valence-electron chi connectivity index (χ4n) is 1.56. The first-order valence-electron chi connectivity index (χ1n) is 6.16. The van der Waals surface area contributed by atoms with Crippen molar-refractivity contribution in [1.82, 2.24) is 4.90 Å². The number of nitrogens with two attached hydrogens (primary N) is 1. The third-order valence-electron chi connectivity index (χ3n) is 2.71. The van der Waals surface area contributed by atoms with Crippen LogP contribution in [0.2, 0.25) is 0 Å². The molecule has 0 bridgehead atoms. The summed E-state index contributed by atoms with van der Waals surface area (Å²) in [7, 11) is 1.48. The zero-order valence-electron chi connectivity index (χ0n) is 11.8. The van der Waals surface area contributed by atoms with Gasteiger partial charge in [0.05, 0.1) is 12.1 Å². The highest BCUT2D eigenvalue weighted by Crippen LogP contribution is 2.30. The second-order valence-electron chi connectivity index (χ2n) is 4.47. The molecule has 1 unspecified atom stereocenters. The summed E-state index contributed by atoms with van der Waals surface area (Å²) in [5, 5.41) is 9.67. The second kappa shape index (κ2) is 8.82. The third-order valence-corrected chi connectivity index (χ3v) is 2.71. The highest BCUT2D eigenvalue weighted by atomic mass is 35.5. The maximum absolute atomic E-state index is 12.4. The average Bonchev–Trinajstić information content (AvgIpc) is 2.43. The molecule has 9 heteroatoms. The summed E-state index contributed by atoms with van der Waals surface area (Å²) in [5.41, 5.74) is 4.39. The molecule has 0 saturated heterocycles. The molecule has 0 aliphatic heterocycles. The standard InChI is InChI=1S/C13H17F3N2O3.ClH/c1-18(12(20)6-17)7-10(19)8-21-11-4-2-9(3-5-11)13(14,15)16;/h2-5,10,19H,6-8,17H2,1H3;1H. The van der Waals surface area contributed by atoms with Crippen molar-refractivity contribution in [3.63, 3.8) is 0 Å².